The van der Waals surface area contributed by atoms with Crippen LogP contribution in [0, 0.1) is 11.6 Å². The summed E-state index contributed by atoms with van der Waals surface area (Å²) in [6.45, 7) is 0. The van der Waals surface area contributed by atoms with E-state index in [-0.39, 0.29) is 17.7 Å². The van der Waals surface area contributed by atoms with Crippen molar-refractivity contribution < 1.29 is 8.78 Å². The lowest BCUT2D eigenvalue weighted by molar-refractivity contribution is 0.538. The zero-order valence-electron chi connectivity index (χ0n) is 10.3. The molecule has 0 amide bonds. The molecule has 0 aliphatic carbocycles. The van der Waals surface area contributed by atoms with Gasteiger partial charge in [-0.2, -0.15) is 0 Å². The molecule has 1 atom stereocenters. The Labute approximate surface area is 132 Å². The lowest BCUT2D eigenvalue weighted by Gasteiger charge is -2.19. The van der Waals surface area contributed by atoms with Gasteiger partial charge in [-0.1, -0.05) is 34.1 Å². The van der Waals surface area contributed by atoms with E-state index in [0.29, 0.717) is 20.9 Å². The van der Waals surface area contributed by atoms with Crippen molar-refractivity contribution in [1.82, 2.24) is 5.43 Å². The SMILES string of the molecule is NNC(Cc1ccc(F)cc1Br)c1cccc(F)c1Br. The molecule has 0 aromatic heterocycles. The highest BCUT2D eigenvalue weighted by molar-refractivity contribution is 9.10. The number of nitrogens with one attached hydrogen (secondary N) is 1. The van der Waals surface area contributed by atoms with Crippen molar-refractivity contribution in [1.29, 1.82) is 0 Å². The maximum absolute atomic E-state index is 13.6. The summed E-state index contributed by atoms with van der Waals surface area (Å²) in [5.41, 5.74) is 4.26. The minimum atomic E-state index is -0.346. The first kappa shape index (κ1) is 15.6. The number of benzene rings is 2. The fourth-order valence-corrected chi connectivity index (χ4v) is 3.01. The lowest BCUT2D eigenvalue weighted by Crippen LogP contribution is -2.30. The number of halogens is 4. The van der Waals surface area contributed by atoms with E-state index in [9.17, 15) is 8.78 Å². The molecule has 0 bridgehead atoms. The van der Waals surface area contributed by atoms with Crippen LogP contribution in [0.15, 0.2) is 45.3 Å². The Kier molecular flexibility index (Phi) is 5.26. The van der Waals surface area contributed by atoms with Crippen LogP contribution in [0.3, 0.4) is 0 Å². The van der Waals surface area contributed by atoms with Crippen LogP contribution in [-0.4, -0.2) is 0 Å². The van der Waals surface area contributed by atoms with Crippen LogP contribution in [-0.2, 0) is 6.42 Å². The largest absolute Gasteiger partial charge is 0.271 e. The van der Waals surface area contributed by atoms with Gasteiger partial charge in [0, 0.05) is 4.47 Å². The molecule has 0 saturated heterocycles. The predicted molar refractivity (Wildman–Crippen MR) is 82.0 cm³/mol. The van der Waals surface area contributed by atoms with E-state index >= 15 is 0 Å². The molecule has 2 aromatic rings. The number of hydrogen-bond acceptors (Lipinski definition) is 2. The van der Waals surface area contributed by atoms with Crippen molar-refractivity contribution in [3.63, 3.8) is 0 Å². The fourth-order valence-electron chi connectivity index (χ4n) is 1.96. The zero-order chi connectivity index (χ0) is 14.7. The molecule has 0 spiro atoms. The molecule has 0 radical (unpaired) electrons. The summed E-state index contributed by atoms with van der Waals surface area (Å²) >= 11 is 6.54. The summed E-state index contributed by atoms with van der Waals surface area (Å²) in [5, 5.41) is 0. The van der Waals surface area contributed by atoms with E-state index < -0.39 is 0 Å². The van der Waals surface area contributed by atoms with Crippen molar-refractivity contribution in [3.8, 4) is 0 Å². The van der Waals surface area contributed by atoms with Gasteiger partial charge in [0.25, 0.3) is 0 Å². The van der Waals surface area contributed by atoms with Crippen LogP contribution in [0.4, 0.5) is 8.78 Å². The minimum Gasteiger partial charge on any atom is -0.271 e. The molecule has 20 heavy (non-hydrogen) atoms. The molecule has 2 rings (SSSR count). The van der Waals surface area contributed by atoms with E-state index in [0.717, 1.165) is 5.56 Å². The van der Waals surface area contributed by atoms with Crippen molar-refractivity contribution in [3.05, 3.63) is 68.1 Å². The smallest absolute Gasteiger partial charge is 0.137 e. The van der Waals surface area contributed by atoms with Gasteiger partial charge in [-0.3, -0.25) is 11.3 Å². The monoisotopic (exact) mass is 404 g/mol. The van der Waals surface area contributed by atoms with Crippen molar-refractivity contribution in [2.24, 2.45) is 5.84 Å². The summed E-state index contributed by atoms with van der Waals surface area (Å²) in [6.07, 6.45) is 0.499. The molecular formula is C14H12Br2F2N2. The molecule has 2 nitrogen and oxygen atoms in total. The lowest BCUT2D eigenvalue weighted by atomic mass is 9.99. The Balaban J connectivity index is 2.31. The third-order valence-electron chi connectivity index (χ3n) is 3.00. The molecule has 0 heterocycles. The van der Waals surface area contributed by atoms with Crippen LogP contribution in [0.5, 0.6) is 0 Å². The van der Waals surface area contributed by atoms with Crippen LogP contribution in [0.1, 0.15) is 17.2 Å². The molecule has 6 heteroatoms. The van der Waals surface area contributed by atoms with Crippen molar-refractivity contribution in [2.45, 2.75) is 12.5 Å². The van der Waals surface area contributed by atoms with E-state index in [1.54, 1.807) is 18.2 Å². The number of hydrogen-bond donors (Lipinski definition) is 2. The second kappa shape index (κ2) is 6.76. The van der Waals surface area contributed by atoms with Gasteiger partial charge < -0.3 is 0 Å². The fraction of sp³-hybridized carbons (Fsp3) is 0.143. The highest BCUT2D eigenvalue weighted by atomic mass is 79.9. The van der Waals surface area contributed by atoms with Gasteiger partial charge >= 0.3 is 0 Å². The Morgan fingerprint density at radius 3 is 2.55 bits per heavy atom. The molecule has 106 valence electrons. The first-order valence-corrected chi connectivity index (χ1v) is 7.45. The molecule has 0 saturated carbocycles. The minimum absolute atomic E-state index is 0.290. The van der Waals surface area contributed by atoms with Gasteiger partial charge in [-0.15, -0.1) is 0 Å². The van der Waals surface area contributed by atoms with Crippen LogP contribution in [0.2, 0.25) is 0 Å². The van der Waals surface area contributed by atoms with Crippen LogP contribution in [0.25, 0.3) is 0 Å². The van der Waals surface area contributed by atoms with E-state index in [4.69, 9.17) is 5.84 Å². The van der Waals surface area contributed by atoms with Gasteiger partial charge in [0.1, 0.15) is 11.6 Å². The third kappa shape index (κ3) is 3.44. The predicted octanol–water partition coefficient (Wildman–Crippen LogP) is 4.24. The quantitative estimate of drug-likeness (QED) is 0.589. The van der Waals surface area contributed by atoms with E-state index in [2.05, 4.69) is 37.3 Å². The zero-order valence-corrected chi connectivity index (χ0v) is 13.5. The molecule has 3 N–H and O–H groups in total. The second-order valence-corrected chi connectivity index (χ2v) is 5.95. The summed E-state index contributed by atoms with van der Waals surface area (Å²) in [5.74, 6) is 4.91. The van der Waals surface area contributed by atoms with Gasteiger partial charge in [0.2, 0.25) is 0 Å². The standard InChI is InChI=1S/C14H12Br2F2N2/c15-11-7-9(17)5-4-8(11)6-13(20-19)10-2-1-3-12(18)14(10)16/h1-5,7,13,20H,6,19H2. The summed E-state index contributed by atoms with van der Waals surface area (Å²) in [4.78, 5) is 0. The number of nitrogens with two attached hydrogens (primary N) is 1. The van der Waals surface area contributed by atoms with Gasteiger partial charge in [-0.05, 0) is 51.7 Å². The van der Waals surface area contributed by atoms with Gasteiger partial charge in [-0.25, -0.2) is 8.78 Å². The van der Waals surface area contributed by atoms with E-state index in [1.165, 1.54) is 18.2 Å². The maximum atomic E-state index is 13.6. The number of rotatable bonds is 4. The van der Waals surface area contributed by atoms with Crippen molar-refractivity contribution in [2.75, 3.05) is 0 Å². The summed E-state index contributed by atoms with van der Waals surface area (Å²) in [7, 11) is 0. The first-order valence-electron chi connectivity index (χ1n) is 5.87. The van der Waals surface area contributed by atoms with Crippen LogP contribution >= 0.6 is 31.9 Å². The first-order chi connectivity index (χ1) is 9.52. The molecule has 0 aliphatic rings. The Morgan fingerprint density at radius 2 is 1.90 bits per heavy atom. The summed E-state index contributed by atoms with van der Waals surface area (Å²) in [6, 6.07) is 8.94. The molecule has 1 unspecified atom stereocenters. The van der Waals surface area contributed by atoms with Gasteiger partial charge in [0.05, 0.1) is 10.5 Å². The number of hydrazine groups is 1. The second-order valence-electron chi connectivity index (χ2n) is 4.30. The maximum Gasteiger partial charge on any atom is 0.137 e. The van der Waals surface area contributed by atoms with Crippen LogP contribution < -0.4 is 11.3 Å². The Morgan fingerprint density at radius 1 is 1.15 bits per heavy atom. The average Bonchev–Trinajstić information content (AvgIpc) is 2.42. The average molecular weight is 406 g/mol. The van der Waals surface area contributed by atoms with E-state index in [1.807, 2.05) is 0 Å². The molecule has 0 aliphatic heterocycles. The molecule has 2 aromatic carbocycles. The molecular weight excluding hydrogens is 394 g/mol. The Hall–Kier alpha value is -0.820. The molecule has 0 fully saturated rings. The highest BCUT2D eigenvalue weighted by Crippen LogP contribution is 2.30. The van der Waals surface area contributed by atoms with Gasteiger partial charge in [0.15, 0.2) is 0 Å². The summed E-state index contributed by atoms with van der Waals surface area (Å²) < 4.78 is 27.7. The third-order valence-corrected chi connectivity index (χ3v) is 4.57. The Bertz CT molecular complexity index is 620. The topological polar surface area (TPSA) is 38.0 Å². The highest BCUT2D eigenvalue weighted by Gasteiger charge is 2.17. The van der Waals surface area contributed by atoms with Crippen molar-refractivity contribution >= 4 is 31.9 Å². The normalized spacial score (nSPS) is 12.4.